The van der Waals surface area contributed by atoms with Crippen LogP contribution in [0.1, 0.15) is 6.92 Å². The lowest BCUT2D eigenvalue weighted by Crippen LogP contribution is -2.23. The van der Waals surface area contributed by atoms with Crippen LogP contribution in [-0.2, 0) is 0 Å². The summed E-state index contributed by atoms with van der Waals surface area (Å²) in [4.78, 5) is 1.99. The molecular formula is C10H11ClN2S. The van der Waals surface area contributed by atoms with Crippen LogP contribution in [0.15, 0.2) is 24.3 Å². The van der Waals surface area contributed by atoms with Crippen molar-refractivity contribution in [3.63, 3.8) is 0 Å². The van der Waals surface area contributed by atoms with Crippen LogP contribution in [0, 0.1) is 5.41 Å². The Morgan fingerprint density at radius 3 is 2.93 bits per heavy atom. The summed E-state index contributed by atoms with van der Waals surface area (Å²) < 4.78 is 0. The van der Waals surface area contributed by atoms with Gasteiger partial charge >= 0.3 is 0 Å². The van der Waals surface area contributed by atoms with E-state index in [9.17, 15) is 0 Å². The molecule has 74 valence electrons. The second-order valence-corrected chi connectivity index (χ2v) is 5.19. The highest BCUT2D eigenvalue weighted by molar-refractivity contribution is 8.15. The van der Waals surface area contributed by atoms with E-state index in [1.54, 1.807) is 11.8 Å². The van der Waals surface area contributed by atoms with Gasteiger partial charge in [0.1, 0.15) is 0 Å². The number of benzene rings is 1. The standard InChI is InChI=1S/C10H11ClN2S/c1-7-6-13(10(12)14-7)9-4-2-3-8(11)5-9/h2-5,7,12H,6H2,1H3. The molecule has 0 bridgehead atoms. The van der Waals surface area contributed by atoms with E-state index in [4.69, 9.17) is 17.0 Å². The highest BCUT2D eigenvalue weighted by atomic mass is 35.5. The SMILES string of the molecule is CC1CN(c2cccc(Cl)c2)C(=N)S1. The predicted molar refractivity (Wildman–Crippen MR) is 63.6 cm³/mol. The first-order valence-electron chi connectivity index (χ1n) is 4.45. The van der Waals surface area contributed by atoms with Crippen molar-refractivity contribution in [2.45, 2.75) is 12.2 Å². The summed E-state index contributed by atoms with van der Waals surface area (Å²) >= 11 is 7.50. The Bertz CT molecular complexity index is 367. The van der Waals surface area contributed by atoms with Gasteiger partial charge in [0.05, 0.1) is 0 Å². The molecule has 2 rings (SSSR count). The van der Waals surface area contributed by atoms with Gasteiger partial charge in [-0.1, -0.05) is 36.4 Å². The van der Waals surface area contributed by atoms with E-state index >= 15 is 0 Å². The van der Waals surface area contributed by atoms with E-state index in [1.807, 2.05) is 29.2 Å². The molecule has 1 saturated heterocycles. The Morgan fingerprint density at radius 2 is 2.36 bits per heavy atom. The molecule has 0 aromatic heterocycles. The molecule has 1 fully saturated rings. The Hall–Kier alpha value is -0.670. The third-order valence-corrected chi connectivity index (χ3v) is 3.35. The number of thioether (sulfide) groups is 1. The molecule has 0 aliphatic carbocycles. The minimum absolute atomic E-state index is 0.487. The van der Waals surface area contributed by atoms with Crippen molar-refractivity contribution >= 4 is 34.2 Å². The number of anilines is 1. The number of hydrogen-bond donors (Lipinski definition) is 1. The molecule has 1 heterocycles. The van der Waals surface area contributed by atoms with Crippen molar-refractivity contribution in [3.8, 4) is 0 Å². The minimum Gasteiger partial charge on any atom is -0.320 e. The Morgan fingerprint density at radius 1 is 1.57 bits per heavy atom. The van der Waals surface area contributed by atoms with Crippen LogP contribution < -0.4 is 4.90 Å². The van der Waals surface area contributed by atoms with Gasteiger partial charge in [-0.05, 0) is 18.2 Å². The first kappa shape index (κ1) is 9.87. The van der Waals surface area contributed by atoms with E-state index < -0.39 is 0 Å². The quantitative estimate of drug-likeness (QED) is 0.796. The number of rotatable bonds is 1. The van der Waals surface area contributed by atoms with Crippen molar-refractivity contribution < 1.29 is 0 Å². The molecule has 14 heavy (non-hydrogen) atoms. The lowest BCUT2D eigenvalue weighted by Gasteiger charge is -2.16. The third-order valence-electron chi connectivity index (χ3n) is 2.12. The molecule has 0 amide bonds. The normalized spacial score (nSPS) is 21.7. The zero-order chi connectivity index (χ0) is 10.1. The fourth-order valence-corrected chi connectivity index (χ4v) is 2.59. The van der Waals surface area contributed by atoms with Crippen LogP contribution in [0.4, 0.5) is 5.69 Å². The average Bonchev–Trinajstić information content (AvgIpc) is 2.45. The van der Waals surface area contributed by atoms with E-state index in [0.717, 1.165) is 17.3 Å². The summed E-state index contributed by atoms with van der Waals surface area (Å²) in [6.07, 6.45) is 0. The van der Waals surface area contributed by atoms with Gasteiger partial charge in [-0.25, -0.2) is 0 Å². The van der Waals surface area contributed by atoms with Gasteiger partial charge in [-0.3, -0.25) is 5.41 Å². The molecule has 2 nitrogen and oxygen atoms in total. The maximum Gasteiger partial charge on any atom is 0.161 e. The van der Waals surface area contributed by atoms with Crippen molar-refractivity contribution in [1.82, 2.24) is 0 Å². The lowest BCUT2D eigenvalue weighted by molar-refractivity contribution is 0.950. The fraction of sp³-hybridized carbons (Fsp3) is 0.300. The highest BCUT2D eigenvalue weighted by Gasteiger charge is 2.25. The van der Waals surface area contributed by atoms with Gasteiger partial charge in [-0.15, -0.1) is 0 Å². The first-order chi connectivity index (χ1) is 6.66. The topological polar surface area (TPSA) is 27.1 Å². The predicted octanol–water partition coefficient (Wildman–Crippen LogP) is 3.22. The van der Waals surface area contributed by atoms with Crippen LogP contribution in [0.25, 0.3) is 0 Å². The van der Waals surface area contributed by atoms with E-state index in [1.165, 1.54) is 0 Å². The summed E-state index contributed by atoms with van der Waals surface area (Å²) in [5.74, 6) is 0. The average molecular weight is 227 g/mol. The van der Waals surface area contributed by atoms with E-state index in [-0.39, 0.29) is 0 Å². The van der Waals surface area contributed by atoms with Crippen LogP contribution in [-0.4, -0.2) is 17.0 Å². The molecule has 1 unspecified atom stereocenters. The van der Waals surface area contributed by atoms with Crippen LogP contribution in [0.3, 0.4) is 0 Å². The molecule has 1 aliphatic heterocycles. The molecule has 1 N–H and O–H groups in total. The molecule has 1 aliphatic rings. The molecule has 1 aromatic carbocycles. The third kappa shape index (κ3) is 1.88. The first-order valence-corrected chi connectivity index (χ1v) is 5.71. The molecule has 0 saturated carbocycles. The van der Waals surface area contributed by atoms with Crippen molar-refractivity contribution in [3.05, 3.63) is 29.3 Å². The van der Waals surface area contributed by atoms with Gasteiger partial charge < -0.3 is 4.90 Å². The summed E-state index contributed by atoms with van der Waals surface area (Å²) in [5.41, 5.74) is 1.01. The molecule has 1 aromatic rings. The second kappa shape index (κ2) is 3.83. The van der Waals surface area contributed by atoms with Crippen molar-refractivity contribution in [2.24, 2.45) is 0 Å². The zero-order valence-corrected chi connectivity index (χ0v) is 9.40. The van der Waals surface area contributed by atoms with Gasteiger partial charge in [0, 0.05) is 22.5 Å². The lowest BCUT2D eigenvalue weighted by atomic mass is 10.3. The van der Waals surface area contributed by atoms with Gasteiger partial charge in [-0.2, -0.15) is 0 Å². The number of amidine groups is 1. The molecule has 0 radical (unpaired) electrons. The Labute approximate surface area is 92.8 Å². The maximum absolute atomic E-state index is 7.79. The summed E-state index contributed by atoms with van der Waals surface area (Å²) in [7, 11) is 0. The summed E-state index contributed by atoms with van der Waals surface area (Å²) in [6.45, 7) is 3.02. The number of nitrogens with zero attached hydrogens (tertiary/aromatic N) is 1. The number of nitrogens with one attached hydrogen (secondary N) is 1. The minimum atomic E-state index is 0.487. The Kier molecular flexibility index (Phi) is 2.70. The van der Waals surface area contributed by atoms with Gasteiger partial charge in [0.15, 0.2) is 5.17 Å². The van der Waals surface area contributed by atoms with Crippen LogP contribution in [0.5, 0.6) is 0 Å². The maximum atomic E-state index is 7.79. The monoisotopic (exact) mass is 226 g/mol. The van der Waals surface area contributed by atoms with Gasteiger partial charge in [0.2, 0.25) is 0 Å². The van der Waals surface area contributed by atoms with Crippen LogP contribution in [0.2, 0.25) is 5.02 Å². The van der Waals surface area contributed by atoms with Gasteiger partial charge in [0.25, 0.3) is 0 Å². The second-order valence-electron chi connectivity index (χ2n) is 3.32. The molecule has 1 atom stereocenters. The summed E-state index contributed by atoms with van der Waals surface area (Å²) in [6, 6.07) is 7.65. The molecule has 4 heteroatoms. The summed E-state index contributed by atoms with van der Waals surface area (Å²) in [5, 5.41) is 9.61. The number of halogens is 1. The molecular weight excluding hydrogens is 216 g/mol. The fourth-order valence-electron chi connectivity index (χ4n) is 1.50. The largest absolute Gasteiger partial charge is 0.320 e. The Balaban J connectivity index is 2.27. The smallest absolute Gasteiger partial charge is 0.161 e. The van der Waals surface area contributed by atoms with Crippen molar-refractivity contribution in [2.75, 3.05) is 11.4 Å². The van der Waals surface area contributed by atoms with Crippen molar-refractivity contribution in [1.29, 1.82) is 5.41 Å². The number of hydrogen-bond acceptors (Lipinski definition) is 2. The zero-order valence-electron chi connectivity index (χ0n) is 7.83. The highest BCUT2D eigenvalue weighted by Crippen LogP contribution is 2.30. The van der Waals surface area contributed by atoms with Crippen LogP contribution >= 0.6 is 23.4 Å². The van der Waals surface area contributed by atoms with E-state index in [0.29, 0.717) is 10.4 Å². The molecule has 0 spiro atoms. The van der Waals surface area contributed by atoms with E-state index in [2.05, 4.69) is 6.92 Å².